The van der Waals surface area contributed by atoms with Crippen molar-refractivity contribution >= 4 is 11.6 Å². The lowest BCUT2D eigenvalue weighted by atomic mass is 10.1. The molecule has 1 aliphatic rings. The summed E-state index contributed by atoms with van der Waals surface area (Å²) in [5.41, 5.74) is 1.70. The van der Waals surface area contributed by atoms with Crippen LogP contribution in [0.2, 0.25) is 0 Å². The summed E-state index contributed by atoms with van der Waals surface area (Å²) < 4.78 is 13.8. The average Bonchev–Trinajstić information content (AvgIpc) is 2.61. The summed E-state index contributed by atoms with van der Waals surface area (Å²) in [6, 6.07) is 10.7. The molecule has 0 unspecified atom stereocenters. The third-order valence-corrected chi connectivity index (χ3v) is 4.18. The zero-order valence-corrected chi connectivity index (χ0v) is 13.0. The van der Waals surface area contributed by atoms with E-state index < -0.39 is 0 Å². The molecule has 0 bridgehead atoms. The van der Waals surface area contributed by atoms with E-state index in [9.17, 15) is 9.18 Å². The molecule has 120 valence electrons. The van der Waals surface area contributed by atoms with Crippen molar-refractivity contribution in [3.63, 3.8) is 0 Å². The fraction of sp³-hybridized carbons (Fsp3) is 0.333. The van der Waals surface area contributed by atoms with Crippen LogP contribution in [0.5, 0.6) is 0 Å². The summed E-state index contributed by atoms with van der Waals surface area (Å²) in [5.74, 6) is -0.0501. The average molecular weight is 313 g/mol. The van der Waals surface area contributed by atoms with Crippen LogP contribution in [0.25, 0.3) is 0 Å². The first-order valence-corrected chi connectivity index (χ1v) is 7.90. The number of amides is 1. The zero-order chi connectivity index (χ0) is 16.1. The summed E-state index contributed by atoms with van der Waals surface area (Å²) in [5, 5.41) is 0. The van der Waals surface area contributed by atoms with Crippen LogP contribution in [-0.4, -0.2) is 42.0 Å². The fourth-order valence-electron chi connectivity index (χ4n) is 2.86. The molecular formula is C18H20FN3O. The molecule has 4 nitrogen and oxygen atoms in total. The maximum atomic E-state index is 13.8. The van der Waals surface area contributed by atoms with E-state index in [4.69, 9.17) is 0 Å². The Balaban J connectivity index is 1.50. The van der Waals surface area contributed by atoms with Gasteiger partial charge in [0.05, 0.1) is 5.69 Å². The number of pyridine rings is 1. The van der Waals surface area contributed by atoms with Crippen LogP contribution in [-0.2, 0) is 11.2 Å². The smallest absolute Gasteiger partial charge is 0.223 e. The third-order valence-electron chi connectivity index (χ3n) is 4.18. The molecule has 1 aromatic carbocycles. The molecule has 0 N–H and O–H groups in total. The van der Waals surface area contributed by atoms with Crippen molar-refractivity contribution in [2.45, 2.75) is 12.8 Å². The number of nitrogens with zero attached hydrogens (tertiary/aromatic N) is 3. The molecule has 2 heterocycles. The number of anilines is 1. The van der Waals surface area contributed by atoms with Crippen LogP contribution >= 0.6 is 0 Å². The molecule has 0 saturated carbocycles. The number of carbonyl (C=O) groups is 1. The van der Waals surface area contributed by atoms with Gasteiger partial charge in [0.25, 0.3) is 0 Å². The third kappa shape index (κ3) is 3.86. The van der Waals surface area contributed by atoms with E-state index in [0.717, 1.165) is 5.56 Å². The summed E-state index contributed by atoms with van der Waals surface area (Å²) >= 11 is 0. The second-order valence-electron chi connectivity index (χ2n) is 5.68. The van der Waals surface area contributed by atoms with Gasteiger partial charge in [-0.15, -0.1) is 0 Å². The van der Waals surface area contributed by atoms with E-state index in [0.29, 0.717) is 44.7 Å². The SMILES string of the molecule is O=C(CCc1cccnc1)N1CCN(c2ccccc2F)CC1. The molecular weight excluding hydrogens is 293 g/mol. The van der Waals surface area contributed by atoms with Gasteiger partial charge >= 0.3 is 0 Å². The predicted molar refractivity (Wildman–Crippen MR) is 87.8 cm³/mol. The van der Waals surface area contributed by atoms with Gasteiger partial charge in [0.1, 0.15) is 5.82 Å². The van der Waals surface area contributed by atoms with Gasteiger partial charge in [0.2, 0.25) is 5.91 Å². The molecule has 3 rings (SSSR count). The first-order chi connectivity index (χ1) is 11.2. The van der Waals surface area contributed by atoms with Crippen molar-refractivity contribution < 1.29 is 9.18 Å². The lowest BCUT2D eigenvalue weighted by Crippen LogP contribution is -2.49. The number of rotatable bonds is 4. The van der Waals surface area contributed by atoms with Gasteiger partial charge in [-0.1, -0.05) is 18.2 Å². The second kappa shape index (κ2) is 7.22. The van der Waals surface area contributed by atoms with Crippen molar-refractivity contribution in [1.29, 1.82) is 0 Å². The lowest BCUT2D eigenvalue weighted by molar-refractivity contribution is -0.131. The normalized spacial score (nSPS) is 14.8. The Hall–Kier alpha value is -2.43. The molecule has 0 aliphatic carbocycles. The van der Waals surface area contributed by atoms with Crippen LogP contribution < -0.4 is 4.90 Å². The molecule has 1 aromatic heterocycles. The molecule has 0 radical (unpaired) electrons. The first-order valence-electron chi connectivity index (χ1n) is 7.90. The van der Waals surface area contributed by atoms with Gasteiger partial charge in [0.15, 0.2) is 0 Å². The lowest BCUT2D eigenvalue weighted by Gasteiger charge is -2.36. The molecule has 0 spiro atoms. The van der Waals surface area contributed by atoms with Crippen molar-refractivity contribution in [2.75, 3.05) is 31.1 Å². The highest BCUT2D eigenvalue weighted by Crippen LogP contribution is 2.20. The Morgan fingerprint density at radius 3 is 2.57 bits per heavy atom. The van der Waals surface area contributed by atoms with Gasteiger partial charge in [-0.3, -0.25) is 9.78 Å². The first kappa shape index (κ1) is 15.5. The number of carbonyl (C=O) groups excluding carboxylic acids is 1. The van der Waals surface area contributed by atoms with Gasteiger partial charge in [-0.05, 0) is 30.2 Å². The number of piperazine rings is 1. The molecule has 23 heavy (non-hydrogen) atoms. The Labute approximate surface area is 135 Å². The van der Waals surface area contributed by atoms with Crippen molar-refractivity contribution in [3.8, 4) is 0 Å². The highest BCUT2D eigenvalue weighted by molar-refractivity contribution is 5.76. The van der Waals surface area contributed by atoms with E-state index >= 15 is 0 Å². The van der Waals surface area contributed by atoms with Crippen LogP contribution in [0.1, 0.15) is 12.0 Å². The maximum absolute atomic E-state index is 13.8. The van der Waals surface area contributed by atoms with E-state index in [1.807, 2.05) is 28.0 Å². The van der Waals surface area contributed by atoms with Crippen molar-refractivity contribution in [1.82, 2.24) is 9.88 Å². The van der Waals surface area contributed by atoms with Gasteiger partial charge in [-0.25, -0.2) is 4.39 Å². The van der Waals surface area contributed by atoms with Crippen LogP contribution in [0.4, 0.5) is 10.1 Å². The van der Waals surface area contributed by atoms with E-state index in [1.165, 1.54) is 6.07 Å². The summed E-state index contributed by atoms with van der Waals surface area (Å²) in [7, 11) is 0. The van der Waals surface area contributed by atoms with Gasteiger partial charge in [-0.2, -0.15) is 0 Å². The monoisotopic (exact) mass is 313 g/mol. The summed E-state index contributed by atoms with van der Waals surface area (Å²) in [6.07, 6.45) is 4.72. The van der Waals surface area contributed by atoms with E-state index in [2.05, 4.69) is 4.98 Å². The fourth-order valence-corrected chi connectivity index (χ4v) is 2.86. The predicted octanol–water partition coefficient (Wildman–Crippen LogP) is 2.50. The van der Waals surface area contributed by atoms with E-state index in [1.54, 1.807) is 24.5 Å². The van der Waals surface area contributed by atoms with Gasteiger partial charge < -0.3 is 9.80 Å². The quantitative estimate of drug-likeness (QED) is 0.870. The Bertz CT molecular complexity index is 654. The molecule has 0 atom stereocenters. The number of benzene rings is 1. The number of aryl methyl sites for hydroxylation is 1. The molecule has 1 saturated heterocycles. The number of halogens is 1. The largest absolute Gasteiger partial charge is 0.366 e. The molecule has 1 aliphatic heterocycles. The Morgan fingerprint density at radius 1 is 1.09 bits per heavy atom. The molecule has 5 heteroatoms. The maximum Gasteiger partial charge on any atom is 0.223 e. The van der Waals surface area contributed by atoms with Gasteiger partial charge in [0, 0.05) is 45.0 Å². The number of hydrogen-bond donors (Lipinski definition) is 0. The Kier molecular flexibility index (Phi) is 4.86. The number of para-hydroxylation sites is 1. The van der Waals surface area contributed by atoms with Crippen molar-refractivity contribution in [2.24, 2.45) is 0 Å². The summed E-state index contributed by atoms with van der Waals surface area (Å²) in [6.45, 7) is 2.61. The topological polar surface area (TPSA) is 36.4 Å². The number of aromatic nitrogens is 1. The van der Waals surface area contributed by atoms with Crippen molar-refractivity contribution in [3.05, 3.63) is 60.2 Å². The highest BCUT2D eigenvalue weighted by Gasteiger charge is 2.22. The molecule has 2 aromatic rings. The minimum atomic E-state index is -0.205. The molecule has 1 amide bonds. The summed E-state index contributed by atoms with van der Waals surface area (Å²) in [4.78, 5) is 20.2. The van der Waals surface area contributed by atoms with E-state index in [-0.39, 0.29) is 11.7 Å². The van der Waals surface area contributed by atoms with Crippen LogP contribution in [0.3, 0.4) is 0 Å². The Morgan fingerprint density at radius 2 is 1.87 bits per heavy atom. The van der Waals surface area contributed by atoms with Crippen LogP contribution in [0.15, 0.2) is 48.8 Å². The van der Waals surface area contributed by atoms with Crippen LogP contribution in [0, 0.1) is 5.82 Å². The number of hydrogen-bond acceptors (Lipinski definition) is 3. The standard InChI is InChI=1S/C18H20FN3O/c19-16-5-1-2-6-17(16)21-10-12-22(13-11-21)18(23)8-7-15-4-3-9-20-14-15/h1-6,9,14H,7-8,10-13H2. The highest BCUT2D eigenvalue weighted by atomic mass is 19.1. The second-order valence-corrected chi connectivity index (χ2v) is 5.68. The molecule has 1 fully saturated rings. The zero-order valence-electron chi connectivity index (χ0n) is 13.0. The minimum Gasteiger partial charge on any atom is -0.366 e. The minimum absolute atomic E-state index is 0.155.